The summed E-state index contributed by atoms with van der Waals surface area (Å²) in [6.07, 6.45) is 0. The third-order valence-corrected chi connectivity index (χ3v) is 6.79. The molecule has 0 unspecified atom stereocenters. The third kappa shape index (κ3) is 3.83. The van der Waals surface area contributed by atoms with E-state index in [1.54, 1.807) is 61.6 Å². The Morgan fingerprint density at radius 3 is 2.51 bits per heavy atom. The first-order valence-corrected chi connectivity index (χ1v) is 11.9. The molecule has 8 nitrogen and oxygen atoms in total. The van der Waals surface area contributed by atoms with Crippen molar-refractivity contribution in [1.29, 1.82) is 0 Å². The van der Waals surface area contributed by atoms with E-state index in [2.05, 4.69) is 10.2 Å². The van der Waals surface area contributed by atoms with E-state index in [0.717, 1.165) is 21.7 Å². The van der Waals surface area contributed by atoms with E-state index < -0.39 is 12.0 Å². The van der Waals surface area contributed by atoms with Crippen LogP contribution in [-0.4, -0.2) is 42.9 Å². The van der Waals surface area contributed by atoms with Crippen LogP contribution in [0.1, 0.15) is 44.9 Å². The molecule has 178 valence electrons. The van der Waals surface area contributed by atoms with Crippen LogP contribution in [0, 0.1) is 0 Å². The summed E-state index contributed by atoms with van der Waals surface area (Å²) in [5.41, 5.74) is 3.85. The van der Waals surface area contributed by atoms with Gasteiger partial charge in [-0.3, -0.25) is 14.8 Å². The number of hydrogen-bond donors (Lipinski definition) is 1. The average Bonchev–Trinajstić information content (AvgIpc) is 3.62. The van der Waals surface area contributed by atoms with Crippen LogP contribution in [-0.2, 0) is 4.74 Å². The van der Waals surface area contributed by atoms with E-state index in [9.17, 15) is 9.59 Å². The molecule has 1 aliphatic rings. The van der Waals surface area contributed by atoms with Crippen molar-refractivity contribution in [2.45, 2.75) is 13.0 Å². The Morgan fingerprint density at radius 1 is 1.09 bits per heavy atom. The second-order valence-corrected chi connectivity index (χ2v) is 8.75. The number of esters is 1. The van der Waals surface area contributed by atoms with Gasteiger partial charge in [-0.05, 0) is 60.3 Å². The molecule has 0 saturated carbocycles. The van der Waals surface area contributed by atoms with E-state index in [1.807, 2.05) is 35.7 Å². The standard InChI is InChI=1S/C26H23N3O5S/c1-4-34-26(31)15-7-10-17(11-8-15)29-24(16-9-12-18(32-2)19(14-16)33-3)21-22(20-6-5-13-35-20)27-28-23(21)25(29)30/h5-14,24H,4H2,1-3H3,(H,27,28)/t24-/m1/s1. The summed E-state index contributed by atoms with van der Waals surface area (Å²) in [7, 11) is 3.16. The Hall–Kier alpha value is -4.11. The van der Waals surface area contributed by atoms with Gasteiger partial charge < -0.3 is 14.2 Å². The first-order valence-electron chi connectivity index (χ1n) is 11.0. The van der Waals surface area contributed by atoms with Crippen LogP contribution in [0.25, 0.3) is 10.6 Å². The van der Waals surface area contributed by atoms with Crippen LogP contribution in [0.2, 0.25) is 0 Å². The van der Waals surface area contributed by atoms with Gasteiger partial charge in [-0.15, -0.1) is 11.3 Å². The molecule has 3 heterocycles. The highest BCUT2D eigenvalue weighted by molar-refractivity contribution is 7.13. The van der Waals surface area contributed by atoms with E-state index in [1.165, 1.54) is 0 Å². The molecule has 1 amide bonds. The van der Waals surface area contributed by atoms with Crippen LogP contribution < -0.4 is 14.4 Å². The molecule has 1 aliphatic heterocycles. The number of methoxy groups -OCH3 is 2. The maximum Gasteiger partial charge on any atom is 0.338 e. The molecule has 1 atom stereocenters. The lowest BCUT2D eigenvalue weighted by Crippen LogP contribution is -2.29. The largest absolute Gasteiger partial charge is 0.493 e. The predicted octanol–water partition coefficient (Wildman–Crippen LogP) is 5.08. The second kappa shape index (κ2) is 9.27. The average molecular weight is 490 g/mol. The summed E-state index contributed by atoms with van der Waals surface area (Å²) in [5, 5.41) is 9.44. The van der Waals surface area contributed by atoms with Crippen molar-refractivity contribution < 1.29 is 23.8 Å². The lowest BCUT2D eigenvalue weighted by atomic mass is 9.97. The highest BCUT2D eigenvalue weighted by Gasteiger charge is 2.43. The number of nitrogens with one attached hydrogen (secondary N) is 1. The molecule has 2 aromatic carbocycles. The van der Waals surface area contributed by atoms with E-state index in [-0.39, 0.29) is 5.91 Å². The van der Waals surface area contributed by atoms with Crippen molar-refractivity contribution in [2.75, 3.05) is 25.7 Å². The van der Waals surface area contributed by atoms with Gasteiger partial charge in [-0.25, -0.2) is 4.79 Å². The van der Waals surface area contributed by atoms with E-state index >= 15 is 0 Å². The number of H-pyrrole nitrogens is 1. The molecule has 9 heteroatoms. The quantitative estimate of drug-likeness (QED) is 0.364. The lowest BCUT2D eigenvalue weighted by Gasteiger charge is -2.27. The third-order valence-electron chi connectivity index (χ3n) is 5.90. The number of amides is 1. The maximum atomic E-state index is 13.7. The number of ether oxygens (including phenoxy) is 3. The fourth-order valence-corrected chi connectivity index (χ4v) is 5.06. The minimum Gasteiger partial charge on any atom is -0.493 e. The van der Waals surface area contributed by atoms with Crippen LogP contribution in [0.5, 0.6) is 11.5 Å². The number of fused-ring (bicyclic) bond motifs is 1. The number of nitrogens with zero attached hydrogens (tertiary/aromatic N) is 2. The zero-order valence-electron chi connectivity index (χ0n) is 19.4. The number of benzene rings is 2. The number of aromatic amines is 1. The second-order valence-electron chi connectivity index (χ2n) is 7.80. The summed E-state index contributed by atoms with van der Waals surface area (Å²) < 4.78 is 16.0. The molecule has 1 N–H and O–H groups in total. The molecule has 5 rings (SSSR count). The van der Waals surface area contributed by atoms with Crippen molar-refractivity contribution in [3.05, 3.63) is 82.4 Å². The van der Waals surface area contributed by atoms with E-state index in [4.69, 9.17) is 14.2 Å². The van der Waals surface area contributed by atoms with Crippen LogP contribution in [0.3, 0.4) is 0 Å². The summed E-state index contributed by atoms with van der Waals surface area (Å²) in [6, 6.07) is 15.9. The van der Waals surface area contributed by atoms with Gasteiger partial charge >= 0.3 is 5.97 Å². The number of carbonyl (C=O) groups is 2. The van der Waals surface area contributed by atoms with Gasteiger partial charge in [0.25, 0.3) is 5.91 Å². The van der Waals surface area contributed by atoms with E-state index in [0.29, 0.717) is 35.1 Å². The monoisotopic (exact) mass is 489 g/mol. The molecular formula is C26H23N3O5S. The van der Waals surface area contributed by atoms with Crippen molar-refractivity contribution >= 4 is 28.9 Å². The minimum atomic E-state index is -0.471. The molecule has 0 spiro atoms. The highest BCUT2D eigenvalue weighted by Crippen LogP contribution is 2.47. The highest BCUT2D eigenvalue weighted by atomic mass is 32.1. The van der Waals surface area contributed by atoms with Crippen LogP contribution >= 0.6 is 11.3 Å². The summed E-state index contributed by atoms with van der Waals surface area (Å²) >= 11 is 1.57. The molecule has 2 aromatic heterocycles. The molecule has 0 aliphatic carbocycles. The number of aromatic nitrogens is 2. The first-order chi connectivity index (χ1) is 17.1. The zero-order valence-corrected chi connectivity index (χ0v) is 20.2. The van der Waals surface area contributed by atoms with Crippen molar-refractivity contribution in [2.24, 2.45) is 0 Å². The normalized spacial score (nSPS) is 14.7. The molecule has 4 aromatic rings. The molecule has 0 fully saturated rings. The van der Waals surface area contributed by atoms with Gasteiger partial charge in [0.05, 0.1) is 43.0 Å². The first kappa shape index (κ1) is 22.7. The molecule has 0 saturated heterocycles. The Kier molecular flexibility index (Phi) is 6.00. The summed E-state index contributed by atoms with van der Waals surface area (Å²) in [6.45, 7) is 2.05. The van der Waals surface area contributed by atoms with Crippen molar-refractivity contribution in [3.8, 4) is 22.1 Å². The van der Waals surface area contributed by atoms with Crippen molar-refractivity contribution in [1.82, 2.24) is 10.2 Å². The number of rotatable bonds is 7. The predicted molar refractivity (Wildman–Crippen MR) is 132 cm³/mol. The molecule has 0 bridgehead atoms. The number of anilines is 1. The Labute approximate surface area is 206 Å². The van der Waals surface area contributed by atoms with Gasteiger partial charge in [0.2, 0.25) is 0 Å². The Balaban J connectivity index is 1.65. The maximum absolute atomic E-state index is 13.7. The number of hydrogen-bond acceptors (Lipinski definition) is 7. The van der Waals surface area contributed by atoms with Crippen LogP contribution in [0.4, 0.5) is 5.69 Å². The topological polar surface area (TPSA) is 93.8 Å². The van der Waals surface area contributed by atoms with Gasteiger partial charge in [0.1, 0.15) is 0 Å². The Morgan fingerprint density at radius 2 is 1.86 bits per heavy atom. The SMILES string of the molecule is CCOC(=O)c1ccc(N2C(=O)c3n[nH]c(-c4cccs4)c3[C@H]2c2ccc(OC)c(OC)c2)cc1. The molecule has 35 heavy (non-hydrogen) atoms. The minimum absolute atomic E-state index is 0.234. The Bertz CT molecular complexity index is 1380. The van der Waals surface area contributed by atoms with Gasteiger partial charge in [0.15, 0.2) is 17.2 Å². The fraction of sp³-hybridized carbons (Fsp3) is 0.192. The lowest BCUT2D eigenvalue weighted by molar-refractivity contribution is 0.0526. The smallest absolute Gasteiger partial charge is 0.338 e. The number of thiophene rings is 1. The van der Waals surface area contributed by atoms with Crippen LogP contribution in [0.15, 0.2) is 60.0 Å². The number of carbonyl (C=O) groups excluding carboxylic acids is 2. The zero-order chi connectivity index (χ0) is 24.5. The summed E-state index contributed by atoms with van der Waals surface area (Å²) in [4.78, 5) is 28.5. The molecule has 0 radical (unpaired) electrons. The van der Waals surface area contributed by atoms with Gasteiger partial charge in [0, 0.05) is 11.3 Å². The molecular weight excluding hydrogens is 466 g/mol. The van der Waals surface area contributed by atoms with Crippen molar-refractivity contribution in [3.63, 3.8) is 0 Å². The fourth-order valence-electron chi connectivity index (χ4n) is 4.33. The van der Waals surface area contributed by atoms with Gasteiger partial charge in [-0.2, -0.15) is 5.10 Å². The van der Waals surface area contributed by atoms with Gasteiger partial charge in [-0.1, -0.05) is 12.1 Å². The summed E-state index contributed by atoms with van der Waals surface area (Å²) in [5.74, 6) is 0.514.